The summed E-state index contributed by atoms with van der Waals surface area (Å²) in [6.45, 7) is 14.3. The molecule has 120 valence electrons. The van der Waals surface area contributed by atoms with E-state index in [0.717, 1.165) is 45.8 Å². The van der Waals surface area contributed by atoms with Gasteiger partial charge in [-0.3, -0.25) is 4.90 Å². The third-order valence-electron chi connectivity index (χ3n) is 4.32. The Kier molecular flexibility index (Phi) is 5.72. The van der Waals surface area contributed by atoms with Crippen molar-refractivity contribution in [3.63, 3.8) is 0 Å². The molecule has 6 nitrogen and oxygen atoms in total. The van der Waals surface area contributed by atoms with E-state index in [1.165, 1.54) is 5.69 Å². The first-order chi connectivity index (χ1) is 10.1. The second kappa shape index (κ2) is 7.33. The van der Waals surface area contributed by atoms with Crippen LogP contribution in [0.5, 0.6) is 0 Å². The van der Waals surface area contributed by atoms with Crippen LogP contribution >= 0.6 is 0 Å². The van der Waals surface area contributed by atoms with Gasteiger partial charge in [0.15, 0.2) is 0 Å². The minimum atomic E-state index is -0.00695. The van der Waals surface area contributed by atoms with Gasteiger partial charge in [0.05, 0.1) is 31.1 Å². The second-order valence-electron chi connectivity index (χ2n) is 6.13. The Balaban J connectivity index is 2.25. The predicted octanol–water partition coefficient (Wildman–Crippen LogP) is 1.45. The molecule has 1 aliphatic rings. The van der Waals surface area contributed by atoms with E-state index in [9.17, 15) is 0 Å². The van der Waals surface area contributed by atoms with Gasteiger partial charge in [-0.1, -0.05) is 19.1 Å². The highest BCUT2D eigenvalue weighted by atomic mass is 16.5. The molecule has 1 atom stereocenters. The number of nitrogens with zero attached hydrogens (tertiary/aromatic N) is 4. The minimum absolute atomic E-state index is 0.00695. The number of ether oxygens (including phenoxy) is 1. The molecule has 0 aliphatic carbocycles. The predicted molar refractivity (Wildman–Crippen MR) is 83.2 cm³/mol. The molecular weight excluding hydrogens is 266 g/mol. The van der Waals surface area contributed by atoms with Crippen molar-refractivity contribution < 1.29 is 4.74 Å². The van der Waals surface area contributed by atoms with Crippen molar-refractivity contribution in [3.05, 3.63) is 11.9 Å². The zero-order valence-corrected chi connectivity index (χ0v) is 13.8. The number of nitrogens with one attached hydrogen (secondary N) is 1. The van der Waals surface area contributed by atoms with Crippen LogP contribution in [0.15, 0.2) is 6.20 Å². The quantitative estimate of drug-likeness (QED) is 0.825. The molecule has 1 N–H and O–H groups in total. The van der Waals surface area contributed by atoms with Crippen LogP contribution in [0.4, 0.5) is 0 Å². The molecular formula is C15H29N5O. The molecule has 21 heavy (non-hydrogen) atoms. The Morgan fingerprint density at radius 3 is 2.67 bits per heavy atom. The molecule has 0 saturated carbocycles. The highest BCUT2D eigenvalue weighted by Gasteiger charge is 2.38. The number of rotatable bonds is 7. The fourth-order valence-electron chi connectivity index (χ4n) is 3.12. The van der Waals surface area contributed by atoms with Crippen molar-refractivity contribution in [1.29, 1.82) is 0 Å². The zero-order valence-electron chi connectivity index (χ0n) is 13.8. The molecule has 0 aromatic carbocycles. The molecule has 0 bridgehead atoms. The Hall–Kier alpha value is -0.980. The van der Waals surface area contributed by atoms with Crippen LogP contribution in [0.3, 0.4) is 0 Å². The topological polar surface area (TPSA) is 55.2 Å². The Bertz CT molecular complexity index is 425. The molecule has 0 spiro atoms. The van der Waals surface area contributed by atoms with E-state index < -0.39 is 0 Å². The lowest BCUT2D eigenvalue weighted by Crippen LogP contribution is -2.56. The maximum Gasteiger partial charge on any atom is 0.0775 e. The van der Waals surface area contributed by atoms with Crippen LogP contribution in [0.1, 0.15) is 45.9 Å². The SMILES string of the molecule is CCCn1nncc1C(NCC)C(C)(C)N1CCOCC1. The molecule has 2 rings (SSSR count). The molecule has 1 fully saturated rings. The zero-order chi connectivity index (χ0) is 15.3. The first kappa shape index (κ1) is 16.4. The summed E-state index contributed by atoms with van der Waals surface area (Å²) in [6.07, 6.45) is 2.97. The smallest absolute Gasteiger partial charge is 0.0775 e. The van der Waals surface area contributed by atoms with E-state index >= 15 is 0 Å². The maximum absolute atomic E-state index is 5.50. The highest BCUT2D eigenvalue weighted by Crippen LogP contribution is 2.31. The van der Waals surface area contributed by atoms with Crippen molar-refractivity contribution in [2.24, 2.45) is 0 Å². The molecule has 6 heteroatoms. The third-order valence-corrected chi connectivity index (χ3v) is 4.32. The van der Waals surface area contributed by atoms with Crippen LogP contribution in [-0.4, -0.2) is 58.3 Å². The fourth-order valence-corrected chi connectivity index (χ4v) is 3.12. The van der Waals surface area contributed by atoms with E-state index in [4.69, 9.17) is 4.74 Å². The Morgan fingerprint density at radius 2 is 2.05 bits per heavy atom. The number of morpholine rings is 1. The van der Waals surface area contributed by atoms with Crippen LogP contribution < -0.4 is 5.32 Å². The molecule has 1 unspecified atom stereocenters. The monoisotopic (exact) mass is 295 g/mol. The molecule has 0 radical (unpaired) electrons. The molecule has 1 saturated heterocycles. The lowest BCUT2D eigenvalue weighted by molar-refractivity contribution is -0.0247. The number of hydrogen-bond donors (Lipinski definition) is 1. The van der Waals surface area contributed by atoms with Gasteiger partial charge < -0.3 is 10.1 Å². The van der Waals surface area contributed by atoms with E-state index in [1.807, 2.05) is 10.9 Å². The lowest BCUT2D eigenvalue weighted by atomic mass is 9.89. The summed E-state index contributed by atoms with van der Waals surface area (Å²) >= 11 is 0. The second-order valence-corrected chi connectivity index (χ2v) is 6.13. The lowest BCUT2D eigenvalue weighted by Gasteiger charge is -2.45. The van der Waals surface area contributed by atoms with E-state index in [1.54, 1.807) is 0 Å². The van der Waals surface area contributed by atoms with E-state index in [-0.39, 0.29) is 11.6 Å². The summed E-state index contributed by atoms with van der Waals surface area (Å²) in [4.78, 5) is 2.51. The van der Waals surface area contributed by atoms with Crippen LogP contribution in [0, 0.1) is 0 Å². The summed E-state index contributed by atoms with van der Waals surface area (Å²) in [7, 11) is 0. The summed E-state index contributed by atoms with van der Waals surface area (Å²) in [5.74, 6) is 0. The van der Waals surface area contributed by atoms with Gasteiger partial charge in [-0.25, -0.2) is 4.68 Å². The first-order valence-corrected chi connectivity index (χ1v) is 8.05. The van der Waals surface area contributed by atoms with Gasteiger partial charge in [0.25, 0.3) is 0 Å². The molecule has 2 heterocycles. The maximum atomic E-state index is 5.50. The highest BCUT2D eigenvalue weighted by molar-refractivity contribution is 5.11. The van der Waals surface area contributed by atoms with Crippen molar-refractivity contribution in [2.75, 3.05) is 32.8 Å². The Labute approximate surface area is 127 Å². The Morgan fingerprint density at radius 1 is 1.33 bits per heavy atom. The van der Waals surface area contributed by atoms with Gasteiger partial charge in [-0.05, 0) is 26.8 Å². The normalized spacial score (nSPS) is 18.9. The van der Waals surface area contributed by atoms with Crippen LogP contribution in [0.2, 0.25) is 0 Å². The minimum Gasteiger partial charge on any atom is -0.379 e. The van der Waals surface area contributed by atoms with Crippen molar-refractivity contribution in [2.45, 2.75) is 52.2 Å². The molecule has 0 amide bonds. The summed E-state index contributed by atoms with van der Waals surface area (Å²) in [6, 6.07) is 0.210. The van der Waals surface area contributed by atoms with E-state index in [2.05, 4.69) is 48.2 Å². The summed E-state index contributed by atoms with van der Waals surface area (Å²) in [5, 5.41) is 12.0. The van der Waals surface area contributed by atoms with Gasteiger partial charge in [-0.2, -0.15) is 0 Å². The molecule has 1 aromatic rings. The average molecular weight is 295 g/mol. The average Bonchev–Trinajstić information content (AvgIpc) is 2.94. The van der Waals surface area contributed by atoms with Crippen molar-refractivity contribution in [3.8, 4) is 0 Å². The number of likely N-dealkylation sites (N-methyl/N-ethyl adjacent to an activating group) is 1. The van der Waals surface area contributed by atoms with Gasteiger partial charge in [-0.15, -0.1) is 5.10 Å². The number of hydrogen-bond acceptors (Lipinski definition) is 5. The summed E-state index contributed by atoms with van der Waals surface area (Å²) in [5.41, 5.74) is 1.17. The molecule has 1 aliphatic heterocycles. The standard InChI is InChI=1S/C15H29N5O/c1-5-7-20-13(12-17-18-20)14(16-6-2)15(3,4)19-8-10-21-11-9-19/h12,14,16H,5-11H2,1-4H3. The van der Waals surface area contributed by atoms with Crippen LogP contribution in [-0.2, 0) is 11.3 Å². The van der Waals surface area contributed by atoms with Crippen LogP contribution in [0.25, 0.3) is 0 Å². The van der Waals surface area contributed by atoms with Gasteiger partial charge in [0.1, 0.15) is 0 Å². The summed E-state index contributed by atoms with van der Waals surface area (Å²) < 4.78 is 7.53. The van der Waals surface area contributed by atoms with Gasteiger partial charge in [0.2, 0.25) is 0 Å². The van der Waals surface area contributed by atoms with Gasteiger partial charge >= 0.3 is 0 Å². The first-order valence-electron chi connectivity index (χ1n) is 8.05. The third kappa shape index (κ3) is 3.62. The van der Waals surface area contributed by atoms with Gasteiger partial charge in [0, 0.05) is 25.2 Å². The molecule has 1 aromatic heterocycles. The number of aryl methyl sites for hydroxylation is 1. The number of aromatic nitrogens is 3. The largest absolute Gasteiger partial charge is 0.379 e. The van der Waals surface area contributed by atoms with Crippen molar-refractivity contribution >= 4 is 0 Å². The van der Waals surface area contributed by atoms with Crippen molar-refractivity contribution in [1.82, 2.24) is 25.2 Å². The fraction of sp³-hybridized carbons (Fsp3) is 0.867. The van der Waals surface area contributed by atoms with E-state index in [0.29, 0.717) is 0 Å².